The van der Waals surface area contributed by atoms with Crippen LogP contribution in [0.3, 0.4) is 0 Å². The highest BCUT2D eigenvalue weighted by atomic mass is 32.2. The summed E-state index contributed by atoms with van der Waals surface area (Å²) in [7, 11) is -1.41. The molecule has 10 heteroatoms. The SMILES string of the molecule is CC.CCS(=O)c1cc(-n2ccc(C(F)(F)F)n2)cnc1-c1nc2cc(C)ccn2c1C. The van der Waals surface area contributed by atoms with E-state index in [1.165, 1.54) is 12.4 Å². The summed E-state index contributed by atoms with van der Waals surface area (Å²) < 4.78 is 54.4. The van der Waals surface area contributed by atoms with Gasteiger partial charge < -0.3 is 4.40 Å². The molecule has 0 radical (unpaired) electrons. The smallest absolute Gasteiger partial charge is 0.304 e. The first-order valence-corrected chi connectivity index (χ1v) is 11.5. The molecule has 0 N–H and O–H groups in total. The number of halogens is 3. The van der Waals surface area contributed by atoms with Crippen molar-refractivity contribution in [3.05, 3.63) is 59.8 Å². The van der Waals surface area contributed by atoms with Gasteiger partial charge in [0.05, 0.1) is 27.6 Å². The molecule has 0 aliphatic rings. The van der Waals surface area contributed by atoms with E-state index in [-0.39, 0.29) is 0 Å². The number of hydrogen-bond donors (Lipinski definition) is 0. The van der Waals surface area contributed by atoms with E-state index >= 15 is 0 Å². The van der Waals surface area contributed by atoms with Crippen LogP contribution in [0.1, 0.15) is 37.7 Å². The van der Waals surface area contributed by atoms with Crippen LogP contribution in [0.2, 0.25) is 0 Å². The lowest BCUT2D eigenvalue weighted by molar-refractivity contribution is -0.141. The van der Waals surface area contributed by atoms with E-state index in [2.05, 4.69) is 15.1 Å². The highest BCUT2D eigenvalue weighted by molar-refractivity contribution is 7.85. The molecule has 4 aromatic rings. The molecular formula is C22H24F3N5OS. The van der Waals surface area contributed by atoms with Crippen LogP contribution in [-0.4, -0.2) is 34.1 Å². The quantitative estimate of drug-likeness (QED) is 0.408. The van der Waals surface area contributed by atoms with Crippen LogP contribution in [0, 0.1) is 13.8 Å². The molecule has 0 bridgehead atoms. The predicted molar refractivity (Wildman–Crippen MR) is 118 cm³/mol. The van der Waals surface area contributed by atoms with E-state index < -0.39 is 22.7 Å². The Morgan fingerprint density at radius 1 is 1.06 bits per heavy atom. The van der Waals surface area contributed by atoms with Crippen LogP contribution >= 0.6 is 0 Å². The van der Waals surface area contributed by atoms with E-state index in [1.807, 2.05) is 50.4 Å². The molecule has 4 rings (SSSR count). The molecule has 0 aliphatic heterocycles. The predicted octanol–water partition coefficient (Wildman–Crippen LogP) is 5.37. The molecule has 32 heavy (non-hydrogen) atoms. The van der Waals surface area contributed by atoms with Gasteiger partial charge >= 0.3 is 6.18 Å². The Labute approximate surface area is 186 Å². The van der Waals surface area contributed by atoms with Gasteiger partial charge in [-0.15, -0.1) is 0 Å². The second kappa shape index (κ2) is 9.23. The van der Waals surface area contributed by atoms with Crippen molar-refractivity contribution < 1.29 is 17.4 Å². The first-order valence-electron chi connectivity index (χ1n) is 10.2. The van der Waals surface area contributed by atoms with Crippen LogP contribution in [-0.2, 0) is 17.0 Å². The Morgan fingerprint density at radius 3 is 2.41 bits per heavy atom. The van der Waals surface area contributed by atoms with Crippen LogP contribution in [0.5, 0.6) is 0 Å². The molecule has 0 saturated carbocycles. The molecule has 0 amide bonds. The van der Waals surface area contributed by atoms with Gasteiger partial charge in [0.1, 0.15) is 17.0 Å². The van der Waals surface area contributed by atoms with Gasteiger partial charge in [-0.05, 0) is 43.7 Å². The molecule has 170 valence electrons. The van der Waals surface area contributed by atoms with Crippen molar-refractivity contribution in [3.8, 4) is 17.1 Å². The minimum Gasteiger partial charge on any atom is -0.304 e. The lowest BCUT2D eigenvalue weighted by Crippen LogP contribution is -2.08. The van der Waals surface area contributed by atoms with Gasteiger partial charge in [0.25, 0.3) is 0 Å². The summed E-state index contributed by atoms with van der Waals surface area (Å²) in [6, 6.07) is 6.34. The van der Waals surface area contributed by atoms with Crippen LogP contribution in [0.25, 0.3) is 22.7 Å². The molecule has 0 fully saturated rings. The standard InChI is InChI=1S/C20H18F3N5OS.C2H6/c1-4-30(29)15-10-14(28-8-6-16(26-28)20(21,22)23)11-24-19(15)18-13(3)27-7-5-12(2)9-17(27)25-18;1-2/h5-11H,4H2,1-3H3;1-2H3. The number of aromatic nitrogens is 5. The second-order valence-electron chi connectivity index (χ2n) is 6.80. The van der Waals surface area contributed by atoms with Crippen molar-refractivity contribution in [2.24, 2.45) is 0 Å². The third-order valence-electron chi connectivity index (χ3n) is 4.73. The monoisotopic (exact) mass is 463 g/mol. The van der Waals surface area contributed by atoms with Gasteiger partial charge in [-0.1, -0.05) is 20.8 Å². The first-order chi connectivity index (χ1) is 15.2. The Kier molecular flexibility index (Phi) is 6.82. The fraction of sp³-hybridized carbons (Fsp3) is 0.318. The van der Waals surface area contributed by atoms with Crippen molar-refractivity contribution in [1.82, 2.24) is 24.1 Å². The number of aryl methyl sites for hydroxylation is 2. The highest BCUT2D eigenvalue weighted by Gasteiger charge is 2.33. The number of alkyl halides is 3. The summed E-state index contributed by atoms with van der Waals surface area (Å²) in [5, 5.41) is 3.58. The largest absolute Gasteiger partial charge is 0.435 e. The third kappa shape index (κ3) is 4.45. The molecule has 4 heterocycles. The van der Waals surface area contributed by atoms with Gasteiger partial charge in [0.15, 0.2) is 5.69 Å². The maximum Gasteiger partial charge on any atom is 0.435 e. The molecular weight excluding hydrogens is 439 g/mol. The number of pyridine rings is 2. The number of hydrogen-bond acceptors (Lipinski definition) is 4. The third-order valence-corrected chi connectivity index (χ3v) is 6.06. The van der Waals surface area contributed by atoms with Crippen molar-refractivity contribution in [3.63, 3.8) is 0 Å². The van der Waals surface area contributed by atoms with Gasteiger partial charge in [0, 0.05) is 23.8 Å². The van der Waals surface area contributed by atoms with Gasteiger partial charge in [-0.2, -0.15) is 18.3 Å². The maximum atomic E-state index is 12.9. The molecule has 6 nitrogen and oxygen atoms in total. The van der Waals surface area contributed by atoms with Crippen molar-refractivity contribution in [1.29, 1.82) is 0 Å². The normalized spacial score (nSPS) is 12.5. The van der Waals surface area contributed by atoms with Gasteiger partial charge in [0.2, 0.25) is 0 Å². The Bertz CT molecular complexity index is 1280. The van der Waals surface area contributed by atoms with E-state index in [1.54, 1.807) is 13.0 Å². The summed E-state index contributed by atoms with van der Waals surface area (Å²) in [5.41, 5.74) is 2.95. The fourth-order valence-corrected chi connectivity index (χ4v) is 4.11. The molecule has 0 aromatic carbocycles. The van der Waals surface area contributed by atoms with Crippen LogP contribution in [0.15, 0.2) is 47.8 Å². The molecule has 1 unspecified atom stereocenters. The van der Waals surface area contributed by atoms with Crippen LogP contribution < -0.4 is 0 Å². The van der Waals surface area contributed by atoms with Crippen molar-refractivity contribution >= 4 is 16.4 Å². The van der Waals surface area contributed by atoms with Crippen LogP contribution in [0.4, 0.5) is 13.2 Å². The lowest BCUT2D eigenvalue weighted by atomic mass is 10.2. The number of nitrogens with zero attached hydrogens (tertiary/aromatic N) is 5. The van der Waals surface area contributed by atoms with Crippen molar-refractivity contribution in [2.75, 3.05) is 5.75 Å². The first kappa shape index (κ1) is 23.6. The zero-order valence-corrected chi connectivity index (χ0v) is 19.3. The molecule has 0 saturated heterocycles. The minimum atomic E-state index is -4.54. The van der Waals surface area contributed by atoms with E-state index in [0.717, 1.165) is 27.7 Å². The summed E-state index contributed by atoms with van der Waals surface area (Å²) in [6.07, 6.45) is -0.0200. The zero-order chi connectivity index (χ0) is 23.6. The molecule has 1 atom stereocenters. The van der Waals surface area contributed by atoms with E-state index in [4.69, 9.17) is 0 Å². The molecule has 4 aromatic heterocycles. The summed E-state index contributed by atoms with van der Waals surface area (Å²) in [5.74, 6) is 0.330. The van der Waals surface area contributed by atoms with E-state index in [9.17, 15) is 17.4 Å². The van der Waals surface area contributed by atoms with E-state index in [0.29, 0.717) is 27.7 Å². The molecule has 0 spiro atoms. The topological polar surface area (TPSA) is 65.1 Å². The fourth-order valence-electron chi connectivity index (χ4n) is 3.18. The summed E-state index contributed by atoms with van der Waals surface area (Å²) in [4.78, 5) is 9.49. The minimum absolute atomic E-state index is 0.295. The van der Waals surface area contributed by atoms with Gasteiger partial charge in [-0.3, -0.25) is 9.19 Å². The Morgan fingerprint density at radius 2 is 1.78 bits per heavy atom. The molecule has 0 aliphatic carbocycles. The average molecular weight is 464 g/mol. The number of fused-ring (bicyclic) bond motifs is 1. The van der Waals surface area contributed by atoms with Gasteiger partial charge in [-0.25, -0.2) is 9.67 Å². The van der Waals surface area contributed by atoms with Crippen molar-refractivity contribution in [2.45, 2.75) is 45.7 Å². The zero-order valence-electron chi connectivity index (χ0n) is 18.4. The highest BCUT2D eigenvalue weighted by Crippen LogP contribution is 2.31. The average Bonchev–Trinajstić information content (AvgIpc) is 3.39. The lowest BCUT2D eigenvalue weighted by Gasteiger charge is -2.10. The summed E-state index contributed by atoms with van der Waals surface area (Å²) in [6.45, 7) is 9.62. The Balaban J connectivity index is 0.00000141. The maximum absolute atomic E-state index is 12.9. The second-order valence-corrected chi connectivity index (χ2v) is 8.50. The summed E-state index contributed by atoms with van der Waals surface area (Å²) >= 11 is 0. The number of rotatable bonds is 4. The Hall–Kier alpha value is -3.01. The number of imidazole rings is 1.